The molecule has 7 nitrogen and oxygen atoms in total. The Balaban J connectivity index is 1.27. The maximum absolute atomic E-state index is 14.1. The van der Waals surface area contributed by atoms with Gasteiger partial charge in [0.2, 0.25) is 0 Å². The van der Waals surface area contributed by atoms with Gasteiger partial charge < -0.3 is 14.9 Å². The van der Waals surface area contributed by atoms with E-state index >= 15 is 0 Å². The highest BCUT2D eigenvalue weighted by Gasteiger charge is 2.70. The third-order valence-corrected chi connectivity index (χ3v) is 16.6. The number of hydrogen-bond donors (Lipinski definition) is 2. The number of aliphatic hydroxyl groups excluding tert-OH is 1. The molecule has 1 aromatic rings. The highest BCUT2D eigenvalue weighted by Crippen LogP contribution is 2.77. The van der Waals surface area contributed by atoms with Crippen molar-refractivity contribution in [2.24, 2.45) is 56.2 Å². The third kappa shape index (κ3) is 6.45. The van der Waals surface area contributed by atoms with Gasteiger partial charge in [0.1, 0.15) is 6.10 Å². The molecule has 2 N–H and O–H groups in total. The molecule has 0 bridgehead atoms. The van der Waals surface area contributed by atoms with Crippen LogP contribution in [0, 0.1) is 56.2 Å². The summed E-state index contributed by atoms with van der Waals surface area (Å²) < 4.78 is 6.17. The fraction of sp³-hybridized carbons (Fsp3) is 0.756. The standard InChI is InChI=1S/C45H66ClNO6/c1-27(2)37-31(48)23-45(34(49)26-47(10)25-28-11-13-29(46)14-12-28)22-21-43(8)30(38(37)45)15-16-33-42(7)19-18-35(53-36(50)24-40(3,4)39(51)52)41(5,6)32(42)17-20-44(33,43)9/h11-14,27,30,32-35,49H,15-26H2,1-10H3,(H,51,52)/t30-,32+,33-,34+,35?,42+,43-,44-,45+/m1/s1. The number of carboxylic acid groups (broad SMARTS) is 1. The first-order valence-electron chi connectivity index (χ1n) is 20.4. The van der Waals surface area contributed by atoms with Gasteiger partial charge >= 0.3 is 11.9 Å². The third-order valence-electron chi connectivity index (χ3n) is 16.4. The smallest absolute Gasteiger partial charge is 0.309 e. The average molecular weight is 752 g/mol. The molecule has 0 spiro atoms. The summed E-state index contributed by atoms with van der Waals surface area (Å²) in [4.78, 5) is 41.2. The largest absolute Gasteiger partial charge is 0.481 e. The number of nitrogens with zero attached hydrogens (tertiary/aromatic N) is 1. The number of allylic oxidation sites excluding steroid dienone is 1. The number of aliphatic hydroxyl groups is 1. The van der Waals surface area contributed by atoms with Crippen LogP contribution in [-0.2, 0) is 25.7 Å². The summed E-state index contributed by atoms with van der Waals surface area (Å²) >= 11 is 6.15. The SMILES string of the molecule is CC(C)C1=C2[C@H]3CC[C@@H]4[C@@]5(C)CCC(OC(=O)CC(C)(C)C(=O)O)C(C)(C)[C@@H]5CC[C@@]4(C)[C@]3(C)CC[C@@]2([C@@H](O)CN(C)Cc2ccc(Cl)cc2)CC1=O. The van der Waals surface area contributed by atoms with E-state index in [9.17, 15) is 24.6 Å². The van der Waals surface area contributed by atoms with Crippen LogP contribution in [0.3, 0.4) is 0 Å². The van der Waals surface area contributed by atoms with Gasteiger partial charge in [-0.1, -0.05) is 77.8 Å². The van der Waals surface area contributed by atoms with E-state index in [2.05, 4.69) is 60.4 Å². The monoisotopic (exact) mass is 751 g/mol. The van der Waals surface area contributed by atoms with E-state index in [1.807, 2.05) is 24.3 Å². The Morgan fingerprint density at radius 2 is 1.60 bits per heavy atom. The first-order chi connectivity index (χ1) is 24.5. The van der Waals surface area contributed by atoms with E-state index in [1.165, 1.54) is 5.57 Å². The number of ketones is 1. The summed E-state index contributed by atoms with van der Waals surface area (Å²) in [6.45, 7) is 20.9. The molecule has 0 saturated heterocycles. The number of carbonyl (C=O) groups is 3. The van der Waals surface area contributed by atoms with Crippen molar-refractivity contribution >= 4 is 29.3 Å². The van der Waals surface area contributed by atoms with Crippen LogP contribution in [0.5, 0.6) is 0 Å². The van der Waals surface area contributed by atoms with Gasteiger partial charge in [0.05, 0.1) is 17.9 Å². The zero-order valence-electron chi connectivity index (χ0n) is 34.1. The molecule has 53 heavy (non-hydrogen) atoms. The fourth-order valence-electron chi connectivity index (χ4n) is 13.3. The lowest BCUT2D eigenvalue weighted by Crippen LogP contribution is -2.66. The van der Waals surface area contributed by atoms with Crippen molar-refractivity contribution in [2.45, 2.75) is 145 Å². The lowest BCUT2D eigenvalue weighted by Gasteiger charge is -2.72. The van der Waals surface area contributed by atoms with Crippen molar-refractivity contribution in [3.05, 3.63) is 46.0 Å². The molecule has 0 radical (unpaired) electrons. The van der Waals surface area contributed by atoms with Crippen LogP contribution in [0.1, 0.15) is 132 Å². The lowest BCUT2D eigenvalue weighted by molar-refractivity contribution is -0.235. The van der Waals surface area contributed by atoms with Gasteiger partial charge in [-0.3, -0.25) is 19.3 Å². The maximum Gasteiger partial charge on any atom is 0.309 e. The first kappa shape index (κ1) is 40.4. The molecule has 1 aromatic carbocycles. The van der Waals surface area contributed by atoms with Crippen LogP contribution in [0.2, 0.25) is 5.02 Å². The number of fused-ring (bicyclic) bond motifs is 7. The highest BCUT2D eigenvalue weighted by atomic mass is 35.5. The Morgan fingerprint density at radius 1 is 0.943 bits per heavy atom. The van der Waals surface area contributed by atoms with Crippen molar-refractivity contribution in [3.8, 4) is 0 Å². The number of hydrogen-bond acceptors (Lipinski definition) is 6. The van der Waals surface area contributed by atoms with Gasteiger partial charge in [0.15, 0.2) is 5.78 Å². The quantitative estimate of drug-likeness (QED) is 0.230. The minimum Gasteiger partial charge on any atom is -0.481 e. The normalized spacial score (nSPS) is 37.1. The zero-order valence-corrected chi connectivity index (χ0v) is 34.9. The maximum atomic E-state index is 14.1. The molecule has 9 atom stereocenters. The molecule has 0 amide bonds. The van der Waals surface area contributed by atoms with Crippen LogP contribution >= 0.6 is 11.6 Å². The number of esters is 1. The zero-order chi connectivity index (χ0) is 39.1. The Kier molecular flexibility index (Phi) is 10.5. The van der Waals surface area contributed by atoms with Gasteiger partial charge in [-0.15, -0.1) is 0 Å². The summed E-state index contributed by atoms with van der Waals surface area (Å²) in [5.74, 6) is 0.0429. The van der Waals surface area contributed by atoms with Gasteiger partial charge in [0.25, 0.3) is 0 Å². The summed E-state index contributed by atoms with van der Waals surface area (Å²) in [6.07, 6.45) is 7.21. The summed E-state index contributed by atoms with van der Waals surface area (Å²) in [7, 11) is 2.06. The first-order valence-corrected chi connectivity index (χ1v) is 20.7. The van der Waals surface area contributed by atoms with E-state index in [1.54, 1.807) is 13.8 Å². The number of Topliss-reactive ketones (excluding diaryl/α,β-unsaturated/α-hetero) is 1. The number of halogens is 1. The molecule has 5 aliphatic rings. The Bertz CT molecular complexity index is 1650. The van der Waals surface area contributed by atoms with Crippen molar-refractivity contribution in [1.82, 2.24) is 4.90 Å². The molecule has 8 heteroatoms. The number of carbonyl (C=O) groups excluding carboxylic acids is 2. The van der Waals surface area contributed by atoms with Crippen LogP contribution in [0.15, 0.2) is 35.4 Å². The number of ether oxygens (including phenoxy) is 1. The van der Waals surface area contributed by atoms with E-state index < -0.39 is 28.9 Å². The molecule has 0 heterocycles. The number of carboxylic acids is 1. The average Bonchev–Trinajstić information content (AvgIpc) is 3.37. The van der Waals surface area contributed by atoms with Gasteiger partial charge in [0, 0.05) is 35.4 Å². The number of rotatable bonds is 10. The van der Waals surface area contributed by atoms with Crippen molar-refractivity contribution in [1.29, 1.82) is 0 Å². The molecule has 4 fully saturated rings. The summed E-state index contributed by atoms with van der Waals surface area (Å²) in [6, 6.07) is 7.89. The molecule has 6 rings (SSSR count). The fourth-order valence-corrected chi connectivity index (χ4v) is 13.5. The van der Waals surface area contributed by atoms with Crippen molar-refractivity contribution < 1.29 is 29.3 Å². The predicted octanol–water partition coefficient (Wildman–Crippen LogP) is 9.53. The molecule has 294 valence electrons. The second-order valence-electron chi connectivity index (χ2n) is 20.4. The topological polar surface area (TPSA) is 104 Å². The Hall–Kier alpha value is -2.22. The predicted molar refractivity (Wildman–Crippen MR) is 209 cm³/mol. The van der Waals surface area contributed by atoms with Crippen molar-refractivity contribution in [2.75, 3.05) is 13.6 Å². The summed E-state index contributed by atoms with van der Waals surface area (Å²) in [5.41, 5.74) is 1.60. The van der Waals surface area contributed by atoms with Crippen LogP contribution in [-0.4, -0.2) is 58.6 Å². The second-order valence-corrected chi connectivity index (χ2v) is 20.8. The van der Waals surface area contributed by atoms with Crippen LogP contribution < -0.4 is 0 Å². The number of benzene rings is 1. The minimum absolute atomic E-state index is 0.0156. The van der Waals surface area contributed by atoms with Gasteiger partial charge in [-0.2, -0.15) is 0 Å². The molecule has 0 aliphatic heterocycles. The van der Waals surface area contributed by atoms with E-state index in [0.717, 1.165) is 62.5 Å². The van der Waals surface area contributed by atoms with E-state index in [0.29, 0.717) is 36.4 Å². The van der Waals surface area contributed by atoms with Gasteiger partial charge in [-0.25, -0.2) is 0 Å². The van der Waals surface area contributed by atoms with Gasteiger partial charge in [-0.05, 0) is 135 Å². The molecule has 4 saturated carbocycles. The Morgan fingerprint density at radius 3 is 2.23 bits per heavy atom. The molecular formula is C45H66ClNO6. The van der Waals surface area contributed by atoms with Crippen molar-refractivity contribution in [3.63, 3.8) is 0 Å². The second kappa shape index (κ2) is 13.8. The molecular weight excluding hydrogens is 686 g/mol. The number of likely N-dealkylation sites (N-methyl/N-ethyl adjacent to an activating group) is 1. The van der Waals surface area contributed by atoms with Crippen LogP contribution in [0.4, 0.5) is 0 Å². The summed E-state index contributed by atoms with van der Waals surface area (Å²) in [5, 5.41) is 22.7. The Labute approximate surface area is 323 Å². The lowest BCUT2D eigenvalue weighted by atomic mass is 9.33. The molecule has 1 unspecified atom stereocenters. The van der Waals surface area contributed by atoms with E-state index in [4.69, 9.17) is 16.3 Å². The highest BCUT2D eigenvalue weighted by molar-refractivity contribution is 6.30. The minimum atomic E-state index is -1.17. The number of aliphatic carboxylic acids is 1. The molecule has 0 aromatic heterocycles. The molecule has 5 aliphatic carbocycles. The van der Waals surface area contributed by atoms with Crippen LogP contribution in [0.25, 0.3) is 0 Å². The van der Waals surface area contributed by atoms with E-state index in [-0.39, 0.29) is 51.8 Å².